The number of ether oxygens (including phenoxy) is 1. The van der Waals surface area contributed by atoms with E-state index < -0.39 is 0 Å². The van der Waals surface area contributed by atoms with Crippen LogP contribution < -0.4 is 11.1 Å². The van der Waals surface area contributed by atoms with Crippen molar-refractivity contribution in [3.63, 3.8) is 0 Å². The van der Waals surface area contributed by atoms with Gasteiger partial charge in [-0.3, -0.25) is 9.69 Å². The first-order valence-corrected chi connectivity index (χ1v) is 5.27. The second kappa shape index (κ2) is 8.64. The fourth-order valence-corrected chi connectivity index (χ4v) is 1.30. The Bertz CT molecular complexity index is 176. The highest BCUT2D eigenvalue weighted by molar-refractivity contribution is 5.78. The summed E-state index contributed by atoms with van der Waals surface area (Å²) in [6.45, 7) is 4.38. The number of nitrogens with one attached hydrogen (secondary N) is 1. The summed E-state index contributed by atoms with van der Waals surface area (Å²) in [7, 11) is 3.53. The van der Waals surface area contributed by atoms with Crippen molar-refractivity contribution >= 4 is 5.91 Å². The zero-order valence-corrected chi connectivity index (χ0v) is 9.95. The smallest absolute Gasteiger partial charge is 0.234 e. The van der Waals surface area contributed by atoms with Crippen LogP contribution in [-0.2, 0) is 9.53 Å². The van der Waals surface area contributed by atoms with E-state index in [9.17, 15) is 4.79 Å². The first kappa shape index (κ1) is 14.3. The van der Waals surface area contributed by atoms with E-state index in [2.05, 4.69) is 5.32 Å². The van der Waals surface area contributed by atoms with Crippen molar-refractivity contribution < 1.29 is 9.53 Å². The molecule has 1 unspecified atom stereocenters. The first-order valence-electron chi connectivity index (χ1n) is 5.27. The molecule has 15 heavy (non-hydrogen) atoms. The maximum Gasteiger partial charge on any atom is 0.234 e. The van der Waals surface area contributed by atoms with E-state index in [0.29, 0.717) is 19.7 Å². The van der Waals surface area contributed by atoms with Crippen molar-refractivity contribution in [2.24, 2.45) is 5.73 Å². The van der Waals surface area contributed by atoms with Gasteiger partial charge in [0.1, 0.15) is 0 Å². The highest BCUT2D eigenvalue weighted by Crippen LogP contribution is 1.87. The summed E-state index contributed by atoms with van der Waals surface area (Å²) in [4.78, 5) is 13.4. The van der Waals surface area contributed by atoms with E-state index >= 15 is 0 Å². The summed E-state index contributed by atoms with van der Waals surface area (Å²) in [5, 5.41) is 2.85. The number of carbonyl (C=O) groups excluding carboxylic acids is 1. The van der Waals surface area contributed by atoms with Crippen LogP contribution in [0.1, 0.15) is 13.3 Å². The third kappa shape index (κ3) is 8.35. The molecule has 0 aromatic heterocycles. The molecule has 0 aliphatic rings. The summed E-state index contributed by atoms with van der Waals surface area (Å²) >= 11 is 0. The quantitative estimate of drug-likeness (QED) is 0.571. The Morgan fingerprint density at radius 1 is 1.60 bits per heavy atom. The molecule has 1 atom stereocenters. The van der Waals surface area contributed by atoms with Gasteiger partial charge in [0, 0.05) is 13.2 Å². The van der Waals surface area contributed by atoms with E-state index in [4.69, 9.17) is 10.5 Å². The predicted molar refractivity (Wildman–Crippen MR) is 60.6 cm³/mol. The Morgan fingerprint density at radius 3 is 2.80 bits per heavy atom. The lowest BCUT2D eigenvalue weighted by Crippen LogP contribution is -2.41. The van der Waals surface area contributed by atoms with Gasteiger partial charge in [0.15, 0.2) is 0 Å². The summed E-state index contributed by atoms with van der Waals surface area (Å²) in [5.74, 6) is 0.0269. The lowest BCUT2D eigenvalue weighted by Gasteiger charge is -2.18. The Morgan fingerprint density at radius 2 is 2.27 bits per heavy atom. The normalized spacial score (nSPS) is 12.9. The Balaban J connectivity index is 3.63. The van der Waals surface area contributed by atoms with Gasteiger partial charge in [-0.15, -0.1) is 0 Å². The van der Waals surface area contributed by atoms with Gasteiger partial charge < -0.3 is 15.8 Å². The number of amides is 1. The van der Waals surface area contributed by atoms with Crippen molar-refractivity contribution in [2.45, 2.75) is 19.4 Å². The summed E-state index contributed by atoms with van der Waals surface area (Å²) < 4.78 is 4.93. The molecule has 0 spiro atoms. The van der Waals surface area contributed by atoms with Gasteiger partial charge in [-0.25, -0.2) is 0 Å². The number of hydrogen-bond acceptors (Lipinski definition) is 4. The number of carbonyl (C=O) groups is 1. The van der Waals surface area contributed by atoms with Crippen molar-refractivity contribution in [2.75, 3.05) is 40.4 Å². The second-order valence-electron chi connectivity index (χ2n) is 3.80. The third-order valence-corrected chi connectivity index (χ3v) is 1.98. The van der Waals surface area contributed by atoms with Crippen LogP contribution in [0, 0.1) is 0 Å². The van der Waals surface area contributed by atoms with Crippen LogP contribution in [0.25, 0.3) is 0 Å². The molecule has 0 aromatic carbocycles. The van der Waals surface area contributed by atoms with Crippen LogP contribution in [0.5, 0.6) is 0 Å². The van der Waals surface area contributed by atoms with Gasteiger partial charge in [-0.2, -0.15) is 0 Å². The van der Waals surface area contributed by atoms with Gasteiger partial charge in [0.2, 0.25) is 5.91 Å². The van der Waals surface area contributed by atoms with Crippen LogP contribution >= 0.6 is 0 Å². The fourth-order valence-electron chi connectivity index (χ4n) is 1.30. The minimum atomic E-state index is 0.0269. The molecule has 90 valence electrons. The number of methoxy groups -OCH3 is 1. The van der Waals surface area contributed by atoms with Gasteiger partial charge in [0.25, 0.3) is 0 Å². The molecule has 3 N–H and O–H groups in total. The largest absolute Gasteiger partial charge is 0.383 e. The van der Waals surface area contributed by atoms with Crippen LogP contribution in [0.15, 0.2) is 0 Å². The Labute approximate surface area is 91.9 Å². The van der Waals surface area contributed by atoms with Gasteiger partial charge in [0.05, 0.1) is 13.2 Å². The van der Waals surface area contributed by atoms with E-state index in [1.165, 1.54) is 0 Å². The van der Waals surface area contributed by atoms with Crippen molar-refractivity contribution in [1.29, 1.82) is 0 Å². The zero-order chi connectivity index (χ0) is 11.7. The van der Waals surface area contributed by atoms with Crippen molar-refractivity contribution in [3.05, 3.63) is 0 Å². The standard InChI is InChI=1S/C10H23N3O2/c1-9(8-15-3)12-10(14)7-13(2)6-4-5-11/h9H,4-8,11H2,1-3H3,(H,12,14). The summed E-state index contributed by atoms with van der Waals surface area (Å²) in [6.07, 6.45) is 0.914. The maximum atomic E-state index is 11.5. The molecule has 0 saturated heterocycles. The maximum absolute atomic E-state index is 11.5. The summed E-state index contributed by atoms with van der Waals surface area (Å²) in [6, 6.07) is 0.0606. The van der Waals surface area contributed by atoms with Gasteiger partial charge in [-0.05, 0) is 33.5 Å². The highest BCUT2D eigenvalue weighted by atomic mass is 16.5. The minimum Gasteiger partial charge on any atom is -0.383 e. The number of nitrogens with zero attached hydrogens (tertiary/aromatic N) is 1. The molecule has 0 heterocycles. The van der Waals surface area contributed by atoms with E-state index in [0.717, 1.165) is 13.0 Å². The summed E-state index contributed by atoms with van der Waals surface area (Å²) in [5.41, 5.74) is 5.38. The molecule has 0 fully saturated rings. The average Bonchev–Trinajstić information content (AvgIpc) is 2.14. The predicted octanol–water partition coefficient (Wildman–Crippen LogP) is -0.582. The molecule has 5 nitrogen and oxygen atoms in total. The van der Waals surface area contributed by atoms with Gasteiger partial charge in [-0.1, -0.05) is 0 Å². The van der Waals surface area contributed by atoms with Crippen molar-refractivity contribution in [3.8, 4) is 0 Å². The topological polar surface area (TPSA) is 67.6 Å². The molecule has 0 saturated carbocycles. The fraction of sp³-hybridized carbons (Fsp3) is 0.900. The van der Waals surface area contributed by atoms with Crippen LogP contribution in [0.3, 0.4) is 0 Å². The van der Waals surface area contributed by atoms with Crippen LogP contribution in [0.4, 0.5) is 0 Å². The SMILES string of the molecule is COCC(C)NC(=O)CN(C)CCCN. The monoisotopic (exact) mass is 217 g/mol. The molecule has 0 bridgehead atoms. The number of rotatable bonds is 8. The Kier molecular flexibility index (Phi) is 8.27. The molecule has 1 amide bonds. The van der Waals surface area contributed by atoms with Crippen LogP contribution in [0.2, 0.25) is 0 Å². The third-order valence-electron chi connectivity index (χ3n) is 1.98. The van der Waals surface area contributed by atoms with Crippen LogP contribution in [-0.4, -0.2) is 57.2 Å². The molecule has 0 aliphatic heterocycles. The second-order valence-corrected chi connectivity index (χ2v) is 3.80. The Hall–Kier alpha value is -0.650. The molecule has 0 rings (SSSR count). The molecular weight excluding hydrogens is 194 g/mol. The minimum absolute atomic E-state index is 0.0269. The molecule has 5 heteroatoms. The van der Waals surface area contributed by atoms with E-state index in [-0.39, 0.29) is 11.9 Å². The van der Waals surface area contributed by atoms with E-state index in [1.807, 2.05) is 18.9 Å². The van der Waals surface area contributed by atoms with Gasteiger partial charge >= 0.3 is 0 Å². The molecule has 0 radical (unpaired) electrons. The molecule has 0 aliphatic carbocycles. The molecular formula is C10H23N3O2. The molecule has 0 aromatic rings. The lowest BCUT2D eigenvalue weighted by molar-refractivity contribution is -0.122. The highest BCUT2D eigenvalue weighted by Gasteiger charge is 2.09. The number of likely N-dealkylation sites (N-methyl/N-ethyl adjacent to an activating group) is 1. The zero-order valence-electron chi connectivity index (χ0n) is 9.95. The lowest BCUT2D eigenvalue weighted by atomic mass is 10.3. The number of nitrogens with two attached hydrogens (primary N) is 1. The first-order chi connectivity index (χ1) is 7.10. The van der Waals surface area contributed by atoms with Crippen molar-refractivity contribution in [1.82, 2.24) is 10.2 Å². The average molecular weight is 217 g/mol. The number of hydrogen-bond donors (Lipinski definition) is 2. The van der Waals surface area contributed by atoms with E-state index in [1.54, 1.807) is 7.11 Å².